The molecule has 0 fully saturated rings. The normalized spacial score (nSPS) is 11.4. The van der Waals surface area contributed by atoms with E-state index in [1.807, 2.05) is 0 Å². The summed E-state index contributed by atoms with van der Waals surface area (Å²) in [5.41, 5.74) is 0.283. The Morgan fingerprint density at radius 2 is 1.70 bits per heavy atom. The van der Waals surface area contributed by atoms with E-state index in [2.05, 4.69) is 16.1 Å². The number of benzene rings is 1. The molecule has 0 aliphatic carbocycles. The Balaban J connectivity index is 2.81. The first-order chi connectivity index (χ1) is 11.0. The van der Waals surface area contributed by atoms with Crippen molar-refractivity contribution in [2.75, 3.05) is 34.0 Å². The van der Waals surface area contributed by atoms with E-state index in [1.165, 1.54) is 32.4 Å². The van der Waals surface area contributed by atoms with Crippen LogP contribution in [0.1, 0.15) is 20.7 Å². The van der Waals surface area contributed by atoms with Gasteiger partial charge in [0.2, 0.25) is 0 Å². The number of hydrogen-bond acceptors (Lipinski definition) is 7. The van der Waals surface area contributed by atoms with Gasteiger partial charge >= 0.3 is 11.9 Å². The highest BCUT2D eigenvalue weighted by Gasteiger charge is 2.15. The summed E-state index contributed by atoms with van der Waals surface area (Å²) in [7, 11) is 2.46. The van der Waals surface area contributed by atoms with Gasteiger partial charge in [-0.15, -0.1) is 6.58 Å². The third-order valence-corrected chi connectivity index (χ3v) is 2.74. The second kappa shape index (κ2) is 9.60. The molecule has 1 aromatic carbocycles. The van der Waals surface area contributed by atoms with E-state index in [-0.39, 0.29) is 30.1 Å². The maximum atomic E-state index is 11.6. The van der Waals surface area contributed by atoms with E-state index < -0.39 is 18.0 Å². The lowest BCUT2D eigenvalue weighted by Gasteiger charge is -2.13. The van der Waals surface area contributed by atoms with Gasteiger partial charge < -0.3 is 24.1 Å². The second-order valence-electron chi connectivity index (χ2n) is 4.52. The third-order valence-electron chi connectivity index (χ3n) is 2.74. The average molecular weight is 324 g/mol. The van der Waals surface area contributed by atoms with Crippen LogP contribution in [0.15, 0.2) is 30.9 Å². The van der Waals surface area contributed by atoms with Crippen LogP contribution in [0.2, 0.25) is 0 Å². The molecule has 126 valence electrons. The largest absolute Gasteiger partial charge is 0.491 e. The van der Waals surface area contributed by atoms with Crippen LogP contribution in [0.4, 0.5) is 0 Å². The van der Waals surface area contributed by atoms with E-state index >= 15 is 0 Å². The molecule has 0 aromatic heterocycles. The van der Waals surface area contributed by atoms with Gasteiger partial charge in [0.15, 0.2) is 0 Å². The van der Waals surface area contributed by atoms with E-state index in [4.69, 9.17) is 9.47 Å². The molecule has 0 saturated heterocycles. The van der Waals surface area contributed by atoms with Crippen molar-refractivity contribution >= 4 is 11.9 Å². The minimum absolute atomic E-state index is 0.0671. The Hall–Kier alpha value is -2.38. The van der Waals surface area contributed by atoms with Gasteiger partial charge in [-0.25, -0.2) is 9.59 Å². The Morgan fingerprint density at radius 3 is 2.17 bits per heavy atom. The summed E-state index contributed by atoms with van der Waals surface area (Å²) in [5.74, 6) is -0.998. The molecule has 1 N–H and O–H groups in total. The number of methoxy groups -OCH3 is 2. The van der Waals surface area contributed by atoms with E-state index in [9.17, 15) is 14.7 Å². The predicted octanol–water partition coefficient (Wildman–Crippen LogP) is 1.20. The third kappa shape index (κ3) is 6.09. The molecular weight excluding hydrogens is 304 g/mol. The van der Waals surface area contributed by atoms with E-state index in [1.54, 1.807) is 6.08 Å². The molecule has 1 unspecified atom stereocenters. The zero-order valence-corrected chi connectivity index (χ0v) is 13.1. The van der Waals surface area contributed by atoms with Gasteiger partial charge in [0, 0.05) is 0 Å². The van der Waals surface area contributed by atoms with Gasteiger partial charge in [-0.2, -0.15) is 0 Å². The van der Waals surface area contributed by atoms with Gasteiger partial charge in [-0.1, -0.05) is 6.08 Å². The second-order valence-corrected chi connectivity index (χ2v) is 4.52. The lowest BCUT2D eigenvalue weighted by molar-refractivity contribution is 0.0213. The average Bonchev–Trinajstić information content (AvgIpc) is 2.58. The lowest BCUT2D eigenvalue weighted by Crippen LogP contribution is -2.23. The van der Waals surface area contributed by atoms with Crippen molar-refractivity contribution in [3.63, 3.8) is 0 Å². The smallest absolute Gasteiger partial charge is 0.338 e. The van der Waals surface area contributed by atoms with Crippen LogP contribution in [-0.2, 0) is 14.2 Å². The number of esters is 2. The number of carbonyl (C=O) groups is 2. The first kappa shape index (κ1) is 18.7. The molecule has 7 heteroatoms. The number of rotatable bonds is 9. The van der Waals surface area contributed by atoms with Crippen molar-refractivity contribution in [3.8, 4) is 5.75 Å². The molecule has 1 aromatic rings. The number of aliphatic hydroxyl groups excluding tert-OH is 1. The van der Waals surface area contributed by atoms with Gasteiger partial charge in [0.25, 0.3) is 0 Å². The van der Waals surface area contributed by atoms with Crippen molar-refractivity contribution in [1.82, 2.24) is 0 Å². The lowest BCUT2D eigenvalue weighted by atomic mass is 10.1. The number of hydrogen-bond donors (Lipinski definition) is 1. The summed E-state index contributed by atoms with van der Waals surface area (Å²) in [6.07, 6.45) is 0.703. The number of aliphatic hydroxyl groups is 1. The number of carbonyl (C=O) groups excluding carboxylic acids is 2. The van der Waals surface area contributed by atoms with Crippen molar-refractivity contribution in [1.29, 1.82) is 0 Å². The van der Waals surface area contributed by atoms with Crippen LogP contribution in [0.25, 0.3) is 0 Å². The fraction of sp³-hybridized carbons (Fsp3) is 0.375. The van der Waals surface area contributed by atoms with Crippen LogP contribution in [0, 0.1) is 0 Å². The molecule has 0 amide bonds. The molecule has 7 nitrogen and oxygen atoms in total. The zero-order valence-electron chi connectivity index (χ0n) is 13.1. The maximum absolute atomic E-state index is 11.6. The highest BCUT2D eigenvalue weighted by molar-refractivity contribution is 5.96. The molecule has 0 radical (unpaired) electrons. The standard InChI is InChI=1S/C16H20O7/c1-4-5-22-9-13(17)10-23-14-7-11(15(18)20-2)6-12(8-14)16(19)21-3/h4,6-8,13,17H,1,5,9-10H2,2-3H3. The first-order valence-corrected chi connectivity index (χ1v) is 6.83. The van der Waals surface area contributed by atoms with Crippen molar-refractivity contribution < 1.29 is 33.6 Å². The van der Waals surface area contributed by atoms with Crippen LogP contribution in [-0.4, -0.2) is 57.2 Å². The summed E-state index contributed by atoms with van der Waals surface area (Å²) in [4.78, 5) is 23.3. The molecule has 1 atom stereocenters. The number of ether oxygens (including phenoxy) is 4. The van der Waals surface area contributed by atoms with Gasteiger partial charge in [0.05, 0.1) is 38.6 Å². The molecule has 0 heterocycles. The highest BCUT2D eigenvalue weighted by Crippen LogP contribution is 2.19. The Morgan fingerprint density at radius 1 is 1.13 bits per heavy atom. The Labute approximate surface area is 134 Å². The molecule has 0 spiro atoms. The maximum Gasteiger partial charge on any atom is 0.338 e. The van der Waals surface area contributed by atoms with Gasteiger partial charge in [0.1, 0.15) is 18.5 Å². The monoisotopic (exact) mass is 324 g/mol. The molecule has 0 bridgehead atoms. The highest BCUT2D eigenvalue weighted by atomic mass is 16.5. The topological polar surface area (TPSA) is 91.3 Å². The molecule has 0 saturated carbocycles. The summed E-state index contributed by atoms with van der Waals surface area (Å²) in [6, 6.07) is 4.17. The summed E-state index contributed by atoms with van der Waals surface area (Å²) < 4.78 is 19.7. The quantitative estimate of drug-likeness (QED) is 0.414. The fourth-order valence-electron chi connectivity index (χ4n) is 1.68. The minimum Gasteiger partial charge on any atom is -0.491 e. The van der Waals surface area contributed by atoms with Crippen LogP contribution in [0.5, 0.6) is 5.75 Å². The molecule has 23 heavy (non-hydrogen) atoms. The fourth-order valence-corrected chi connectivity index (χ4v) is 1.68. The minimum atomic E-state index is -0.863. The van der Waals surface area contributed by atoms with Crippen LogP contribution < -0.4 is 4.74 Å². The van der Waals surface area contributed by atoms with E-state index in [0.29, 0.717) is 6.61 Å². The Kier molecular flexibility index (Phi) is 7.79. The summed E-state index contributed by atoms with van der Waals surface area (Å²) >= 11 is 0. The zero-order chi connectivity index (χ0) is 17.2. The van der Waals surface area contributed by atoms with Crippen molar-refractivity contribution in [3.05, 3.63) is 42.0 Å². The van der Waals surface area contributed by atoms with E-state index in [0.717, 1.165) is 0 Å². The SMILES string of the molecule is C=CCOCC(O)COc1cc(C(=O)OC)cc(C(=O)OC)c1. The van der Waals surface area contributed by atoms with Crippen LogP contribution in [0.3, 0.4) is 0 Å². The van der Waals surface area contributed by atoms with Gasteiger partial charge in [-0.05, 0) is 18.2 Å². The molecule has 0 aliphatic rings. The predicted molar refractivity (Wildman–Crippen MR) is 81.6 cm³/mol. The van der Waals surface area contributed by atoms with Gasteiger partial charge in [-0.3, -0.25) is 0 Å². The molecular formula is C16H20O7. The van der Waals surface area contributed by atoms with Crippen LogP contribution >= 0.6 is 0 Å². The summed E-state index contributed by atoms with van der Waals surface area (Å²) in [6.45, 7) is 3.82. The molecule has 1 rings (SSSR count). The first-order valence-electron chi connectivity index (χ1n) is 6.83. The molecule has 0 aliphatic heterocycles. The van der Waals surface area contributed by atoms with Crippen molar-refractivity contribution in [2.24, 2.45) is 0 Å². The Bertz CT molecular complexity index is 519. The summed E-state index contributed by atoms with van der Waals surface area (Å²) in [5, 5.41) is 9.72. The van der Waals surface area contributed by atoms with Crippen molar-refractivity contribution in [2.45, 2.75) is 6.10 Å².